The van der Waals surface area contributed by atoms with Gasteiger partial charge in [-0.1, -0.05) is 27.7 Å². The van der Waals surface area contributed by atoms with E-state index in [1.807, 2.05) is 13.8 Å². The van der Waals surface area contributed by atoms with E-state index in [-0.39, 0.29) is 12.1 Å². The smallest absolute Gasteiger partial charge is 0.326 e. The van der Waals surface area contributed by atoms with Crippen LogP contribution in [0.2, 0.25) is 0 Å². The van der Waals surface area contributed by atoms with Crippen molar-refractivity contribution in [2.75, 3.05) is 7.05 Å². The highest BCUT2D eigenvalue weighted by Gasteiger charge is 2.33. The molecule has 0 aromatic rings. The lowest BCUT2D eigenvalue weighted by molar-refractivity contribution is -0.142. The summed E-state index contributed by atoms with van der Waals surface area (Å²) in [6, 6.07) is -1.15. The van der Waals surface area contributed by atoms with Crippen molar-refractivity contribution in [3.05, 3.63) is 0 Å². The lowest BCUT2D eigenvalue weighted by Crippen LogP contribution is -2.53. The zero-order valence-corrected chi connectivity index (χ0v) is 11.6. The summed E-state index contributed by atoms with van der Waals surface area (Å²) in [5, 5.41) is 11.7. The Morgan fingerprint density at radius 3 is 2.12 bits per heavy atom. The fourth-order valence-electron chi connectivity index (χ4n) is 1.35. The minimum Gasteiger partial charge on any atom is -0.480 e. The SMILES string of the molecule is CCC(C)N(C)C(=O)NC(C(=O)O)C(C)(C)C. The van der Waals surface area contributed by atoms with E-state index in [0.717, 1.165) is 6.42 Å². The van der Waals surface area contributed by atoms with Crippen LogP contribution >= 0.6 is 0 Å². The maximum Gasteiger partial charge on any atom is 0.326 e. The summed E-state index contributed by atoms with van der Waals surface area (Å²) in [5.74, 6) is -1.01. The number of nitrogens with one attached hydrogen (secondary N) is 1. The second-order valence-corrected chi connectivity index (χ2v) is 5.45. The molecule has 5 heteroatoms. The van der Waals surface area contributed by atoms with E-state index in [1.165, 1.54) is 4.90 Å². The second kappa shape index (κ2) is 5.89. The van der Waals surface area contributed by atoms with Crippen LogP contribution in [0.15, 0.2) is 0 Å². The monoisotopic (exact) mass is 244 g/mol. The quantitative estimate of drug-likeness (QED) is 0.793. The number of hydrogen-bond donors (Lipinski definition) is 2. The third kappa shape index (κ3) is 4.63. The molecule has 2 amide bonds. The van der Waals surface area contributed by atoms with E-state index < -0.39 is 17.4 Å². The Bertz CT molecular complexity index is 284. The summed E-state index contributed by atoms with van der Waals surface area (Å²) in [6.45, 7) is 9.26. The summed E-state index contributed by atoms with van der Waals surface area (Å²) in [6.07, 6.45) is 0.831. The van der Waals surface area contributed by atoms with E-state index in [2.05, 4.69) is 5.32 Å². The molecule has 0 aromatic carbocycles. The maximum atomic E-state index is 11.9. The molecule has 100 valence electrons. The highest BCUT2D eigenvalue weighted by atomic mass is 16.4. The molecular weight excluding hydrogens is 220 g/mol. The van der Waals surface area contributed by atoms with Crippen LogP contribution in [0.5, 0.6) is 0 Å². The molecule has 0 aliphatic carbocycles. The number of aliphatic carboxylic acids is 1. The van der Waals surface area contributed by atoms with Crippen molar-refractivity contribution in [1.29, 1.82) is 0 Å². The number of carboxylic acid groups (broad SMARTS) is 1. The number of rotatable bonds is 4. The number of hydrogen-bond acceptors (Lipinski definition) is 2. The van der Waals surface area contributed by atoms with Crippen LogP contribution in [-0.2, 0) is 4.79 Å². The van der Waals surface area contributed by atoms with Gasteiger partial charge in [-0.25, -0.2) is 9.59 Å². The molecule has 0 spiro atoms. The van der Waals surface area contributed by atoms with E-state index >= 15 is 0 Å². The first-order chi connectivity index (χ1) is 7.61. The fraction of sp³-hybridized carbons (Fsp3) is 0.833. The van der Waals surface area contributed by atoms with Crippen LogP contribution in [0.25, 0.3) is 0 Å². The van der Waals surface area contributed by atoms with E-state index in [4.69, 9.17) is 5.11 Å². The number of nitrogens with zero attached hydrogens (tertiary/aromatic N) is 1. The third-order valence-electron chi connectivity index (χ3n) is 2.95. The summed E-state index contributed by atoms with van der Waals surface area (Å²) in [7, 11) is 1.67. The Kier molecular flexibility index (Phi) is 5.45. The zero-order valence-electron chi connectivity index (χ0n) is 11.6. The molecule has 0 bridgehead atoms. The molecule has 0 aromatic heterocycles. The van der Waals surface area contributed by atoms with E-state index in [0.29, 0.717) is 0 Å². The topological polar surface area (TPSA) is 69.6 Å². The van der Waals surface area contributed by atoms with Gasteiger partial charge in [0.05, 0.1) is 0 Å². The molecule has 2 N–H and O–H groups in total. The van der Waals surface area contributed by atoms with Gasteiger partial charge >= 0.3 is 12.0 Å². The van der Waals surface area contributed by atoms with Crippen molar-refractivity contribution in [2.24, 2.45) is 5.41 Å². The third-order valence-corrected chi connectivity index (χ3v) is 2.95. The highest BCUT2D eigenvalue weighted by Crippen LogP contribution is 2.19. The number of amides is 2. The van der Waals surface area contributed by atoms with Crippen molar-refractivity contribution in [3.63, 3.8) is 0 Å². The van der Waals surface area contributed by atoms with Gasteiger partial charge in [-0.3, -0.25) is 0 Å². The Hall–Kier alpha value is -1.26. The molecule has 17 heavy (non-hydrogen) atoms. The van der Waals surface area contributed by atoms with Gasteiger partial charge in [-0.2, -0.15) is 0 Å². The molecule has 0 aliphatic heterocycles. The zero-order chi connectivity index (χ0) is 13.8. The number of carboxylic acids is 1. The van der Waals surface area contributed by atoms with Gasteiger partial charge in [-0.05, 0) is 18.8 Å². The molecule has 2 atom stereocenters. The Balaban J connectivity index is 4.69. The van der Waals surface area contributed by atoms with Gasteiger partial charge in [-0.15, -0.1) is 0 Å². The molecule has 0 fully saturated rings. The first kappa shape index (κ1) is 15.7. The molecule has 0 saturated carbocycles. The number of carbonyl (C=O) groups excluding carboxylic acids is 1. The van der Waals surface area contributed by atoms with Crippen molar-refractivity contribution < 1.29 is 14.7 Å². The summed E-state index contributed by atoms with van der Waals surface area (Å²) < 4.78 is 0. The number of urea groups is 1. The van der Waals surface area contributed by atoms with Gasteiger partial charge in [0.2, 0.25) is 0 Å². The lowest BCUT2D eigenvalue weighted by Gasteiger charge is -2.31. The molecular formula is C12H24N2O3. The molecule has 5 nitrogen and oxygen atoms in total. The van der Waals surface area contributed by atoms with Crippen LogP contribution in [-0.4, -0.2) is 41.1 Å². The summed E-state index contributed by atoms with van der Waals surface area (Å²) in [5.41, 5.74) is -0.516. The normalized spacial score (nSPS) is 14.9. The van der Waals surface area contributed by atoms with Crippen LogP contribution < -0.4 is 5.32 Å². The predicted molar refractivity (Wildman–Crippen MR) is 66.9 cm³/mol. The largest absolute Gasteiger partial charge is 0.480 e. The standard InChI is InChI=1S/C12H24N2O3/c1-7-8(2)14(6)11(17)13-9(10(15)16)12(3,4)5/h8-9H,7H2,1-6H3,(H,13,17)(H,15,16). The molecule has 0 aliphatic rings. The van der Waals surface area contributed by atoms with E-state index in [9.17, 15) is 9.59 Å². The van der Waals surface area contributed by atoms with E-state index in [1.54, 1.807) is 27.8 Å². The lowest BCUT2D eigenvalue weighted by atomic mass is 9.87. The maximum absolute atomic E-state index is 11.9. The Morgan fingerprint density at radius 1 is 1.35 bits per heavy atom. The highest BCUT2D eigenvalue weighted by molar-refractivity contribution is 5.83. The summed E-state index contributed by atoms with van der Waals surface area (Å²) >= 11 is 0. The van der Waals surface area contributed by atoms with Gasteiger partial charge in [0.1, 0.15) is 6.04 Å². The minimum absolute atomic E-state index is 0.0874. The van der Waals surface area contributed by atoms with Crippen LogP contribution in [0.1, 0.15) is 41.0 Å². The summed E-state index contributed by atoms with van der Waals surface area (Å²) in [4.78, 5) is 24.5. The van der Waals surface area contributed by atoms with Crippen molar-refractivity contribution in [2.45, 2.75) is 53.1 Å². The van der Waals surface area contributed by atoms with Crippen molar-refractivity contribution in [3.8, 4) is 0 Å². The molecule has 0 rings (SSSR count). The predicted octanol–water partition coefficient (Wildman–Crippen LogP) is 1.93. The minimum atomic E-state index is -1.01. The fourth-order valence-corrected chi connectivity index (χ4v) is 1.35. The van der Waals surface area contributed by atoms with Gasteiger partial charge in [0, 0.05) is 13.1 Å². The Labute approximate surface area is 103 Å². The number of carbonyl (C=O) groups is 2. The van der Waals surface area contributed by atoms with Gasteiger partial charge in [0.15, 0.2) is 0 Å². The molecule has 0 radical (unpaired) electrons. The first-order valence-electron chi connectivity index (χ1n) is 5.87. The molecule has 0 heterocycles. The van der Waals surface area contributed by atoms with Crippen LogP contribution in [0.4, 0.5) is 4.79 Å². The first-order valence-corrected chi connectivity index (χ1v) is 5.87. The average Bonchev–Trinajstić information content (AvgIpc) is 2.21. The van der Waals surface area contributed by atoms with Gasteiger partial charge in [0.25, 0.3) is 0 Å². The van der Waals surface area contributed by atoms with Crippen LogP contribution in [0.3, 0.4) is 0 Å². The van der Waals surface area contributed by atoms with Crippen molar-refractivity contribution >= 4 is 12.0 Å². The second-order valence-electron chi connectivity index (χ2n) is 5.45. The Morgan fingerprint density at radius 2 is 1.82 bits per heavy atom. The van der Waals surface area contributed by atoms with Crippen molar-refractivity contribution in [1.82, 2.24) is 10.2 Å². The average molecular weight is 244 g/mol. The van der Waals surface area contributed by atoms with Crippen LogP contribution in [0, 0.1) is 5.41 Å². The molecule has 0 saturated heterocycles. The molecule has 2 unspecified atom stereocenters. The van der Waals surface area contributed by atoms with Gasteiger partial charge < -0.3 is 15.3 Å².